The summed E-state index contributed by atoms with van der Waals surface area (Å²) >= 11 is 0. The van der Waals surface area contributed by atoms with Crippen LogP contribution in [0.15, 0.2) is 18.3 Å². The summed E-state index contributed by atoms with van der Waals surface area (Å²) in [5.74, 6) is 0.537. The summed E-state index contributed by atoms with van der Waals surface area (Å²) in [7, 11) is 0. The zero-order valence-electron chi connectivity index (χ0n) is 9.13. The molecular formula is C11H17N3O2. The molecule has 0 saturated carbocycles. The van der Waals surface area contributed by atoms with Crippen molar-refractivity contribution in [2.45, 2.75) is 18.6 Å². The van der Waals surface area contributed by atoms with Gasteiger partial charge in [0.05, 0.1) is 25.9 Å². The van der Waals surface area contributed by atoms with Gasteiger partial charge >= 0.3 is 0 Å². The van der Waals surface area contributed by atoms with Gasteiger partial charge in [0.25, 0.3) is 0 Å². The molecule has 2 atom stereocenters. The molecule has 0 aromatic carbocycles. The van der Waals surface area contributed by atoms with Gasteiger partial charge in [0.2, 0.25) is 0 Å². The van der Waals surface area contributed by atoms with Gasteiger partial charge in [-0.3, -0.25) is 0 Å². The second kappa shape index (κ2) is 5.25. The average Bonchev–Trinajstić information content (AvgIpc) is 2.33. The normalized spacial score (nSPS) is 22.9. The van der Waals surface area contributed by atoms with E-state index in [1.54, 1.807) is 6.20 Å². The Bertz CT molecular complexity index is 340. The third-order valence-electron chi connectivity index (χ3n) is 2.70. The molecule has 0 radical (unpaired) electrons. The van der Waals surface area contributed by atoms with Gasteiger partial charge in [-0.1, -0.05) is 6.07 Å². The molecule has 5 nitrogen and oxygen atoms in total. The van der Waals surface area contributed by atoms with Crippen LogP contribution < -0.4 is 11.5 Å². The lowest BCUT2D eigenvalue weighted by Crippen LogP contribution is -2.44. The Morgan fingerprint density at radius 3 is 3.06 bits per heavy atom. The first-order valence-corrected chi connectivity index (χ1v) is 5.41. The Morgan fingerprint density at radius 1 is 1.50 bits per heavy atom. The summed E-state index contributed by atoms with van der Waals surface area (Å²) in [6.45, 7) is 1.82. The minimum absolute atomic E-state index is 0.0478. The van der Waals surface area contributed by atoms with E-state index < -0.39 is 0 Å². The van der Waals surface area contributed by atoms with E-state index in [4.69, 9.17) is 20.9 Å². The zero-order chi connectivity index (χ0) is 11.4. The highest BCUT2D eigenvalue weighted by Gasteiger charge is 2.22. The number of nitrogens with two attached hydrogens (primary N) is 2. The fourth-order valence-corrected chi connectivity index (χ4v) is 1.76. The average molecular weight is 223 g/mol. The van der Waals surface area contributed by atoms with Crippen LogP contribution in [0.5, 0.6) is 0 Å². The van der Waals surface area contributed by atoms with Crippen molar-refractivity contribution in [1.82, 2.24) is 4.98 Å². The van der Waals surface area contributed by atoms with Crippen LogP contribution in [-0.2, 0) is 15.9 Å². The minimum Gasteiger partial charge on any atom is -0.383 e. The fraction of sp³-hybridized carbons (Fsp3) is 0.545. The van der Waals surface area contributed by atoms with Gasteiger partial charge in [-0.05, 0) is 18.1 Å². The Balaban J connectivity index is 1.96. The number of aromatic nitrogens is 1. The van der Waals surface area contributed by atoms with Crippen molar-refractivity contribution in [2.24, 2.45) is 5.73 Å². The Morgan fingerprint density at radius 2 is 2.38 bits per heavy atom. The predicted octanol–water partition coefficient (Wildman–Crippen LogP) is -0.0510. The van der Waals surface area contributed by atoms with E-state index in [9.17, 15) is 0 Å². The van der Waals surface area contributed by atoms with Crippen LogP contribution in [0.2, 0.25) is 0 Å². The van der Waals surface area contributed by atoms with E-state index >= 15 is 0 Å². The number of hydrogen-bond acceptors (Lipinski definition) is 5. The first-order valence-electron chi connectivity index (χ1n) is 5.41. The van der Waals surface area contributed by atoms with Crippen molar-refractivity contribution in [3.8, 4) is 0 Å². The molecular weight excluding hydrogens is 206 g/mol. The highest BCUT2D eigenvalue weighted by Crippen LogP contribution is 2.13. The molecule has 88 valence electrons. The standard InChI is InChI=1S/C11H17N3O2/c12-9(10-7-15-4-5-16-10)6-8-2-1-3-14-11(8)13/h1-3,9-10H,4-7,12H2,(H2,13,14). The molecule has 1 fully saturated rings. The summed E-state index contributed by atoms with van der Waals surface area (Å²) in [5, 5.41) is 0. The number of nitrogen functional groups attached to an aromatic ring is 1. The molecule has 1 aromatic heterocycles. The summed E-state index contributed by atoms with van der Waals surface area (Å²) in [6.07, 6.45) is 2.28. The maximum Gasteiger partial charge on any atom is 0.126 e. The highest BCUT2D eigenvalue weighted by atomic mass is 16.6. The highest BCUT2D eigenvalue weighted by molar-refractivity contribution is 5.38. The van der Waals surface area contributed by atoms with Gasteiger partial charge in [-0.2, -0.15) is 0 Å². The molecule has 2 unspecified atom stereocenters. The molecule has 0 aliphatic carbocycles. The molecule has 16 heavy (non-hydrogen) atoms. The van der Waals surface area contributed by atoms with Gasteiger partial charge in [0.1, 0.15) is 5.82 Å². The van der Waals surface area contributed by atoms with E-state index in [1.165, 1.54) is 0 Å². The van der Waals surface area contributed by atoms with Crippen LogP contribution >= 0.6 is 0 Å². The third kappa shape index (κ3) is 2.69. The summed E-state index contributed by atoms with van der Waals surface area (Å²) in [5.41, 5.74) is 12.8. The number of nitrogens with zero attached hydrogens (tertiary/aromatic N) is 1. The number of hydrogen-bond donors (Lipinski definition) is 2. The Labute approximate surface area is 94.7 Å². The summed E-state index contributed by atoms with van der Waals surface area (Å²) in [6, 6.07) is 3.69. The lowest BCUT2D eigenvalue weighted by Gasteiger charge is -2.28. The van der Waals surface area contributed by atoms with E-state index in [0.717, 1.165) is 5.56 Å². The second-order valence-corrected chi connectivity index (χ2v) is 3.90. The van der Waals surface area contributed by atoms with Crippen LogP contribution in [0.25, 0.3) is 0 Å². The van der Waals surface area contributed by atoms with Crippen molar-refractivity contribution < 1.29 is 9.47 Å². The lowest BCUT2D eigenvalue weighted by atomic mass is 10.0. The quantitative estimate of drug-likeness (QED) is 0.750. The van der Waals surface area contributed by atoms with Crippen molar-refractivity contribution in [3.63, 3.8) is 0 Å². The van der Waals surface area contributed by atoms with E-state index in [-0.39, 0.29) is 12.1 Å². The monoisotopic (exact) mass is 223 g/mol. The van der Waals surface area contributed by atoms with E-state index in [1.807, 2.05) is 12.1 Å². The first kappa shape index (κ1) is 11.3. The van der Waals surface area contributed by atoms with Crippen molar-refractivity contribution in [2.75, 3.05) is 25.6 Å². The number of ether oxygens (including phenoxy) is 2. The van der Waals surface area contributed by atoms with Gasteiger partial charge in [-0.25, -0.2) is 4.98 Å². The van der Waals surface area contributed by atoms with E-state index in [0.29, 0.717) is 32.1 Å². The first-order chi connectivity index (χ1) is 7.77. The smallest absolute Gasteiger partial charge is 0.126 e. The van der Waals surface area contributed by atoms with Crippen LogP contribution in [0, 0.1) is 0 Å². The Hall–Kier alpha value is -1.17. The topological polar surface area (TPSA) is 83.4 Å². The van der Waals surface area contributed by atoms with Crippen molar-refractivity contribution >= 4 is 5.82 Å². The van der Waals surface area contributed by atoms with Gasteiger partial charge in [0, 0.05) is 12.2 Å². The fourth-order valence-electron chi connectivity index (χ4n) is 1.76. The summed E-state index contributed by atoms with van der Waals surface area (Å²) < 4.78 is 10.9. The molecule has 5 heteroatoms. The largest absolute Gasteiger partial charge is 0.383 e. The maximum atomic E-state index is 6.06. The molecule has 1 aliphatic heterocycles. The molecule has 4 N–H and O–H groups in total. The molecule has 2 rings (SSSR count). The summed E-state index contributed by atoms with van der Waals surface area (Å²) in [4.78, 5) is 4.03. The van der Waals surface area contributed by atoms with Crippen LogP contribution in [0.3, 0.4) is 0 Å². The van der Waals surface area contributed by atoms with Gasteiger partial charge < -0.3 is 20.9 Å². The zero-order valence-corrected chi connectivity index (χ0v) is 9.13. The molecule has 1 saturated heterocycles. The SMILES string of the molecule is Nc1ncccc1CC(N)C1COCCO1. The van der Waals surface area contributed by atoms with Crippen molar-refractivity contribution in [3.05, 3.63) is 23.9 Å². The minimum atomic E-state index is -0.105. The Kier molecular flexibility index (Phi) is 3.71. The predicted molar refractivity (Wildman–Crippen MR) is 60.9 cm³/mol. The maximum absolute atomic E-state index is 6.06. The molecule has 1 aromatic rings. The number of rotatable bonds is 3. The van der Waals surface area contributed by atoms with Crippen LogP contribution in [-0.4, -0.2) is 37.0 Å². The number of anilines is 1. The molecule has 0 amide bonds. The lowest BCUT2D eigenvalue weighted by molar-refractivity contribution is -0.0967. The van der Waals surface area contributed by atoms with Gasteiger partial charge in [-0.15, -0.1) is 0 Å². The third-order valence-corrected chi connectivity index (χ3v) is 2.70. The van der Waals surface area contributed by atoms with Gasteiger partial charge in [0.15, 0.2) is 0 Å². The molecule has 0 bridgehead atoms. The number of pyridine rings is 1. The molecule has 2 heterocycles. The second-order valence-electron chi connectivity index (χ2n) is 3.90. The molecule has 0 spiro atoms. The van der Waals surface area contributed by atoms with Crippen LogP contribution in [0.1, 0.15) is 5.56 Å². The van der Waals surface area contributed by atoms with Crippen LogP contribution in [0.4, 0.5) is 5.82 Å². The van der Waals surface area contributed by atoms with E-state index in [2.05, 4.69) is 4.98 Å². The molecule has 1 aliphatic rings. The van der Waals surface area contributed by atoms with Crippen molar-refractivity contribution in [1.29, 1.82) is 0 Å².